The van der Waals surface area contributed by atoms with Gasteiger partial charge >= 0.3 is 0 Å². The molecule has 1 aromatic heterocycles. The maximum absolute atomic E-state index is 12.1. The Morgan fingerprint density at radius 1 is 1.24 bits per heavy atom. The molecule has 2 N–H and O–H groups in total. The van der Waals surface area contributed by atoms with E-state index in [0.29, 0.717) is 0 Å². The molecule has 0 atom stereocenters. The van der Waals surface area contributed by atoms with Gasteiger partial charge in [0, 0.05) is 0 Å². The zero-order chi connectivity index (χ0) is 15.1. The van der Waals surface area contributed by atoms with Gasteiger partial charge in [-0.1, -0.05) is 30.4 Å². The summed E-state index contributed by atoms with van der Waals surface area (Å²) in [5.41, 5.74) is 2.61. The highest BCUT2D eigenvalue weighted by Gasteiger charge is 2.15. The number of aryl methyl sites for hydroxylation is 1. The third-order valence-electron chi connectivity index (χ3n) is 2.88. The van der Waals surface area contributed by atoms with Crippen LogP contribution in [0.2, 0.25) is 0 Å². The van der Waals surface area contributed by atoms with Crippen LogP contribution < -0.4 is 10.0 Å². The summed E-state index contributed by atoms with van der Waals surface area (Å²) in [7, 11) is -3.58. The van der Waals surface area contributed by atoms with Crippen molar-refractivity contribution in [3.63, 3.8) is 0 Å². The maximum Gasteiger partial charge on any atom is 0.263 e. The summed E-state index contributed by atoms with van der Waals surface area (Å²) < 4.78 is 26.7. The van der Waals surface area contributed by atoms with Gasteiger partial charge in [0.15, 0.2) is 0 Å². The van der Waals surface area contributed by atoms with Crippen LogP contribution in [-0.4, -0.2) is 31.7 Å². The van der Waals surface area contributed by atoms with Crippen LogP contribution in [0.5, 0.6) is 0 Å². The summed E-state index contributed by atoms with van der Waals surface area (Å²) in [6.07, 6.45) is 1.96. The van der Waals surface area contributed by atoms with E-state index >= 15 is 0 Å². The van der Waals surface area contributed by atoms with E-state index in [1.165, 1.54) is 5.51 Å². The van der Waals surface area contributed by atoms with Crippen LogP contribution >= 0.6 is 11.3 Å². The third kappa shape index (κ3) is 4.76. The lowest BCUT2D eigenvalue weighted by Gasteiger charge is -2.06. The van der Waals surface area contributed by atoms with Gasteiger partial charge < -0.3 is 5.32 Å². The molecule has 0 bridgehead atoms. The van der Waals surface area contributed by atoms with Crippen molar-refractivity contribution in [2.24, 2.45) is 0 Å². The maximum atomic E-state index is 12.1. The molecule has 114 valence electrons. The summed E-state index contributed by atoms with van der Waals surface area (Å²) in [5.74, 6) is 0. The Bertz CT molecular complexity index is 639. The molecule has 0 fully saturated rings. The van der Waals surface area contributed by atoms with Gasteiger partial charge in [-0.05, 0) is 43.6 Å². The molecule has 6 nitrogen and oxygen atoms in total. The molecule has 0 amide bonds. The van der Waals surface area contributed by atoms with Gasteiger partial charge in [-0.2, -0.15) is 0 Å². The molecular weight excluding hydrogens is 308 g/mol. The zero-order valence-corrected chi connectivity index (χ0v) is 13.4. The van der Waals surface area contributed by atoms with E-state index in [0.717, 1.165) is 42.8 Å². The van der Waals surface area contributed by atoms with Gasteiger partial charge in [0.05, 0.1) is 4.90 Å². The highest BCUT2D eigenvalue weighted by molar-refractivity contribution is 7.93. The van der Waals surface area contributed by atoms with E-state index in [1.807, 2.05) is 12.1 Å². The van der Waals surface area contributed by atoms with E-state index in [4.69, 9.17) is 0 Å². The average molecular weight is 326 g/mol. The normalized spacial score (nSPS) is 11.5. The minimum absolute atomic E-state index is 0.230. The smallest absolute Gasteiger partial charge is 0.263 e. The lowest BCUT2D eigenvalue weighted by atomic mass is 10.1. The standard InChI is InChI=1S/C13H18N4O2S2/c1-2-14-9-3-4-11-5-7-12(8-6-11)21(18,19)17-13-16-15-10-20-13/h5-8,10,14H,2-4,9H2,1H3,(H,16,17). The Balaban J connectivity index is 1.97. The van der Waals surface area contributed by atoms with Crippen molar-refractivity contribution >= 4 is 26.5 Å². The number of aromatic nitrogens is 2. The molecule has 0 saturated heterocycles. The quantitative estimate of drug-likeness (QED) is 0.724. The Morgan fingerprint density at radius 2 is 2.00 bits per heavy atom. The Kier molecular flexibility index (Phi) is 5.66. The molecule has 0 aliphatic heterocycles. The van der Waals surface area contributed by atoms with Gasteiger partial charge in [0.2, 0.25) is 5.13 Å². The van der Waals surface area contributed by atoms with Gasteiger partial charge in [-0.25, -0.2) is 8.42 Å². The van der Waals surface area contributed by atoms with Crippen molar-refractivity contribution in [3.8, 4) is 0 Å². The van der Waals surface area contributed by atoms with Gasteiger partial charge in [0.1, 0.15) is 5.51 Å². The molecule has 1 heterocycles. The summed E-state index contributed by atoms with van der Waals surface area (Å²) in [5, 5.41) is 10.8. The fraction of sp³-hybridized carbons (Fsp3) is 0.385. The topological polar surface area (TPSA) is 84.0 Å². The first-order chi connectivity index (χ1) is 10.1. The van der Waals surface area contributed by atoms with E-state index in [9.17, 15) is 8.42 Å². The molecule has 0 radical (unpaired) electrons. The summed E-state index contributed by atoms with van der Waals surface area (Å²) in [6.45, 7) is 4.01. The number of sulfonamides is 1. The molecule has 0 unspecified atom stereocenters. The fourth-order valence-electron chi connectivity index (χ4n) is 1.82. The van der Waals surface area contributed by atoms with Crippen molar-refractivity contribution in [2.45, 2.75) is 24.7 Å². The molecule has 8 heteroatoms. The molecule has 21 heavy (non-hydrogen) atoms. The minimum atomic E-state index is -3.58. The monoisotopic (exact) mass is 326 g/mol. The van der Waals surface area contributed by atoms with Crippen molar-refractivity contribution in [1.29, 1.82) is 0 Å². The molecule has 0 spiro atoms. The van der Waals surface area contributed by atoms with E-state index in [2.05, 4.69) is 27.2 Å². The van der Waals surface area contributed by atoms with Crippen LogP contribution in [-0.2, 0) is 16.4 Å². The van der Waals surface area contributed by atoms with Crippen molar-refractivity contribution in [3.05, 3.63) is 35.3 Å². The molecule has 1 aromatic carbocycles. The second kappa shape index (κ2) is 7.48. The lowest BCUT2D eigenvalue weighted by molar-refractivity contribution is 0.601. The largest absolute Gasteiger partial charge is 0.317 e. The lowest BCUT2D eigenvalue weighted by Crippen LogP contribution is -2.14. The number of rotatable bonds is 8. The second-order valence-corrected chi connectivity index (χ2v) is 6.97. The minimum Gasteiger partial charge on any atom is -0.317 e. The summed E-state index contributed by atoms with van der Waals surface area (Å²) in [6, 6.07) is 6.93. The molecule has 0 aliphatic carbocycles. The second-order valence-electron chi connectivity index (χ2n) is 4.45. The highest BCUT2D eigenvalue weighted by Crippen LogP contribution is 2.17. The molecule has 0 aliphatic rings. The van der Waals surface area contributed by atoms with E-state index < -0.39 is 10.0 Å². The summed E-state index contributed by atoms with van der Waals surface area (Å²) in [4.78, 5) is 0.230. The highest BCUT2D eigenvalue weighted by atomic mass is 32.2. The van der Waals surface area contributed by atoms with Gasteiger partial charge in [-0.3, -0.25) is 4.72 Å². The van der Waals surface area contributed by atoms with Crippen LogP contribution in [0.4, 0.5) is 5.13 Å². The number of hydrogen-bond acceptors (Lipinski definition) is 6. The number of benzene rings is 1. The first-order valence-electron chi connectivity index (χ1n) is 6.70. The van der Waals surface area contributed by atoms with Gasteiger partial charge in [-0.15, -0.1) is 10.2 Å². The van der Waals surface area contributed by atoms with Crippen LogP contribution in [0, 0.1) is 0 Å². The first-order valence-corrected chi connectivity index (χ1v) is 9.07. The van der Waals surface area contributed by atoms with Crippen LogP contribution in [0.15, 0.2) is 34.7 Å². The van der Waals surface area contributed by atoms with Crippen molar-refractivity contribution in [1.82, 2.24) is 15.5 Å². The van der Waals surface area contributed by atoms with Crippen LogP contribution in [0.3, 0.4) is 0 Å². The van der Waals surface area contributed by atoms with E-state index in [-0.39, 0.29) is 10.0 Å². The molecule has 2 aromatic rings. The number of nitrogens with one attached hydrogen (secondary N) is 2. The van der Waals surface area contributed by atoms with Crippen molar-refractivity contribution in [2.75, 3.05) is 17.8 Å². The Labute approximate surface area is 128 Å². The molecule has 0 saturated carbocycles. The van der Waals surface area contributed by atoms with Crippen LogP contribution in [0.25, 0.3) is 0 Å². The Morgan fingerprint density at radius 3 is 2.62 bits per heavy atom. The predicted octanol–water partition coefficient (Wildman–Crippen LogP) is 1.88. The van der Waals surface area contributed by atoms with Gasteiger partial charge in [0.25, 0.3) is 10.0 Å². The van der Waals surface area contributed by atoms with Crippen molar-refractivity contribution < 1.29 is 8.42 Å². The third-order valence-corrected chi connectivity index (χ3v) is 4.98. The average Bonchev–Trinajstić information content (AvgIpc) is 2.96. The number of hydrogen-bond donors (Lipinski definition) is 2. The summed E-state index contributed by atoms with van der Waals surface area (Å²) >= 11 is 1.14. The SMILES string of the molecule is CCNCCCc1ccc(S(=O)(=O)Nc2nncs2)cc1. The molecular formula is C13H18N4O2S2. The number of anilines is 1. The zero-order valence-electron chi connectivity index (χ0n) is 11.7. The molecule has 2 rings (SSSR count). The predicted molar refractivity (Wildman–Crippen MR) is 84.0 cm³/mol. The Hall–Kier alpha value is -1.51. The first kappa shape index (κ1) is 15.9. The van der Waals surface area contributed by atoms with E-state index in [1.54, 1.807) is 12.1 Å². The fourth-order valence-corrected chi connectivity index (χ4v) is 3.51. The van der Waals surface area contributed by atoms with Crippen LogP contribution in [0.1, 0.15) is 18.9 Å². The number of nitrogens with zero attached hydrogens (tertiary/aromatic N) is 2.